The minimum Gasteiger partial charge on any atom is -0.509 e. The molecule has 0 fully saturated rings. The zero-order valence-corrected chi connectivity index (χ0v) is 13.5. The molecule has 0 aromatic heterocycles. The molecule has 2 rings (SSSR count). The molecule has 2 N–H and O–H groups in total. The van der Waals surface area contributed by atoms with E-state index in [1.165, 1.54) is 0 Å². The Morgan fingerprint density at radius 2 is 1.90 bits per heavy atom. The largest absolute Gasteiger partial charge is 0.509 e. The molecule has 1 unspecified atom stereocenters. The Labute approximate surface area is 125 Å². The molecule has 0 aliphatic carbocycles. The number of nitrogens with one attached hydrogen (secondary N) is 1. The van der Waals surface area contributed by atoms with Crippen LogP contribution < -0.4 is 10.1 Å². The van der Waals surface area contributed by atoms with Crippen molar-refractivity contribution in [3.63, 3.8) is 0 Å². The Morgan fingerprint density at radius 3 is 2.38 bits per heavy atom. The van der Waals surface area contributed by atoms with Crippen LogP contribution in [-0.4, -0.2) is 23.7 Å². The third-order valence-electron chi connectivity index (χ3n) is 4.40. The van der Waals surface area contributed by atoms with Gasteiger partial charge in [0.2, 0.25) is 0 Å². The highest BCUT2D eigenvalue weighted by Gasteiger charge is 2.45. The number of hydrogen-bond acceptors (Lipinski definition) is 3. The van der Waals surface area contributed by atoms with Crippen molar-refractivity contribution in [1.29, 1.82) is 0 Å². The van der Waals surface area contributed by atoms with E-state index in [0.29, 0.717) is 16.9 Å². The van der Waals surface area contributed by atoms with Crippen LogP contribution in [0, 0.1) is 19.8 Å². The smallest absolute Gasteiger partial charge is 0.256 e. The lowest BCUT2D eigenvalue weighted by molar-refractivity contribution is -0.116. The maximum Gasteiger partial charge on any atom is 0.256 e. The zero-order chi connectivity index (χ0) is 15.9. The van der Waals surface area contributed by atoms with E-state index in [0.717, 1.165) is 11.1 Å². The first-order valence-electron chi connectivity index (χ1n) is 7.14. The quantitative estimate of drug-likeness (QED) is 0.898. The Bertz CT molecular complexity index is 631. The molecule has 4 heteroatoms. The molecule has 0 radical (unpaired) electrons. The number of hydrogen-bond donors (Lipinski definition) is 2. The fourth-order valence-corrected chi connectivity index (χ4v) is 2.78. The van der Waals surface area contributed by atoms with Gasteiger partial charge in [0.05, 0.1) is 18.2 Å². The summed E-state index contributed by atoms with van der Waals surface area (Å²) in [6, 6.07) is 3.86. The van der Waals surface area contributed by atoms with E-state index < -0.39 is 5.54 Å². The number of ether oxygens (including phenoxy) is 1. The molecule has 114 valence electrons. The molecule has 4 nitrogen and oxygen atoms in total. The lowest BCUT2D eigenvalue weighted by Crippen LogP contribution is -2.46. The Kier molecular flexibility index (Phi) is 3.74. The van der Waals surface area contributed by atoms with Gasteiger partial charge < -0.3 is 15.2 Å². The second-order valence-electron chi connectivity index (χ2n) is 6.19. The minimum atomic E-state index is -0.741. The molecule has 0 saturated carbocycles. The molecule has 0 bridgehead atoms. The average Bonchev–Trinajstić information content (AvgIpc) is 2.61. The molecule has 1 atom stereocenters. The molecule has 1 amide bonds. The first-order valence-corrected chi connectivity index (χ1v) is 7.14. The predicted molar refractivity (Wildman–Crippen MR) is 83.4 cm³/mol. The molecule has 1 aromatic carbocycles. The van der Waals surface area contributed by atoms with E-state index in [1.54, 1.807) is 7.11 Å². The number of aliphatic hydroxyl groups excluding tert-OH is 1. The third kappa shape index (κ3) is 2.28. The van der Waals surface area contributed by atoms with Crippen LogP contribution in [0.2, 0.25) is 0 Å². The fraction of sp³-hybridized carbons (Fsp3) is 0.471. The van der Waals surface area contributed by atoms with Gasteiger partial charge in [-0.2, -0.15) is 0 Å². The summed E-state index contributed by atoms with van der Waals surface area (Å²) in [5, 5.41) is 13.6. The highest BCUT2D eigenvalue weighted by atomic mass is 16.5. The van der Waals surface area contributed by atoms with Crippen LogP contribution in [0.1, 0.15) is 37.5 Å². The normalized spacial score (nSPS) is 22.0. The predicted octanol–water partition coefficient (Wildman–Crippen LogP) is 3.13. The number of carbonyl (C=O) groups excluding carboxylic acids is 1. The summed E-state index contributed by atoms with van der Waals surface area (Å²) in [7, 11) is 1.57. The highest BCUT2D eigenvalue weighted by molar-refractivity contribution is 6.24. The van der Waals surface area contributed by atoms with E-state index in [2.05, 4.69) is 5.32 Å². The summed E-state index contributed by atoms with van der Waals surface area (Å²) in [4.78, 5) is 12.4. The van der Waals surface area contributed by atoms with Crippen molar-refractivity contribution in [3.05, 3.63) is 34.6 Å². The molecule has 0 saturated heterocycles. The fourth-order valence-electron chi connectivity index (χ4n) is 2.78. The van der Waals surface area contributed by atoms with Crippen LogP contribution in [0.4, 0.5) is 0 Å². The maximum atomic E-state index is 12.4. The van der Waals surface area contributed by atoms with Crippen molar-refractivity contribution in [1.82, 2.24) is 5.32 Å². The molecular weight excluding hydrogens is 266 g/mol. The van der Waals surface area contributed by atoms with Crippen molar-refractivity contribution >= 4 is 11.5 Å². The van der Waals surface area contributed by atoms with Gasteiger partial charge in [-0.05, 0) is 43.9 Å². The minimum absolute atomic E-state index is 0.0794. The summed E-state index contributed by atoms with van der Waals surface area (Å²) in [5.41, 5.74) is 2.21. The van der Waals surface area contributed by atoms with Crippen molar-refractivity contribution in [2.45, 2.75) is 40.2 Å². The van der Waals surface area contributed by atoms with Crippen LogP contribution in [0.5, 0.6) is 5.75 Å². The van der Waals surface area contributed by atoms with Gasteiger partial charge in [-0.3, -0.25) is 4.79 Å². The Morgan fingerprint density at radius 1 is 1.29 bits per heavy atom. The third-order valence-corrected chi connectivity index (χ3v) is 4.40. The number of benzene rings is 1. The van der Waals surface area contributed by atoms with Crippen molar-refractivity contribution in [3.8, 4) is 5.75 Å². The standard InChI is InChI=1S/C17H23NO3/c1-9(2)17(5)15(19)14(16(20)18-17)13-11(4)7-10(3)8-12(13)21-6/h7-9,19H,1-6H3,(H,18,20). The molecule has 1 aromatic rings. The number of rotatable bonds is 3. The summed E-state index contributed by atoms with van der Waals surface area (Å²) >= 11 is 0. The van der Waals surface area contributed by atoms with E-state index in [9.17, 15) is 9.90 Å². The highest BCUT2D eigenvalue weighted by Crippen LogP contribution is 2.40. The van der Waals surface area contributed by atoms with Gasteiger partial charge in [0.1, 0.15) is 11.5 Å². The first kappa shape index (κ1) is 15.4. The molecule has 1 aliphatic heterocycles. The van der Waals surface area contributed by atoms with E-state index >= 15 is 0 Å². The summed E-state index contributed by atoms with van der Waals surface area (Å²) in [6.45, 7) is 9.68. The number of amides is 1. The van der Waals surface area contributed by atoms with Gasteiger partial charge in [-0.25, -0.2) is 0 Å². The van der Waals surface area contributed by atoms with E-state index in [1.807, 2.05) is 46.8 Å². The van der Waals surface area contributed by atoms with Crippen LogP contribution in [-0.2, 0) is 4.79 Å². The van der Waals surface area contributed by atoms with E-state index in [-0.39, 0.29) is 17.6 Å². The topological polar surface area (TPSA) is 58.6 Å². The molecular formula is C17H23NO3. The van der Waals surface area contributed by atoms with Crippen LogP contribution in [0.25, 0.3) is 5.57 Å². The SMILES string of the molecule is COc1cc(C)cc(C)c1C1=C(O)C(C)(C(C)C)NC1=O. The van der Waals surface area contributed by atoms with Gasteiger partial charge >= 0.3 is 0 Å². The second kappa shape index (κ2) is 5.10. The molecule has 21 heavy (non-hydrogen) atoms. The van der Waals surface area contributed by atoms with Gasteiger partial charge in [0.15, 0.2) is 0 Å². The average molecular weight is 289 g/mol. The van der Waals surface area contributed by atoms with Crippen LogP contribution in [0.3, 0.4) is 0 Å². The van der Waals surface area contributed by atoms with Gasteiger partial charge in [0, 0.05) is 5.56 Å². The Balaban J connectivity index is 2.72. The Hall–Kier alpha value is -1.97. The van der Waals surface area contributed by atoms with Crippen LogP contribution in [0.15, 0.2) is 17.9 Å². The van der Waals surface area contributed by atoms with Gasteiger partial charge in [-0.15, -0.1) is 0 Å². The number of aliphatic hydroxyl groups is 1. The zero-order valence-electron chi connectivity index (χ0n) is 13.5. The summed E-state index contributed by atoms with van der Waals surface area (Å²) < 4.78 is 5.42. The number of methoxy groups -OCH3 is 1. The summed E-state index contributed by atoms with van der Waals surface area (Å²) in [5.74, 6) is 0.523. The van der Waals surface area contributed by atoms with Gasteiger partial charge in [-0.1, -0.05) is 19.9 Å². The maximum absolute atomic E-state index is 12.4. The number of aryl methyl sites for hydroxylation is 2. The van der Waals surface area contributed by atoms with Crippen molar-refractivity contribution in [2.75, 3.05) is 7.11 Å². The van der Waals surface area contributed by atoms with Crippen molar-refractivity contribution < 1.29 is 14.6 Å². The lowest BCUT2D eigenvalue weighted by Gasteiger charge is -2.29. The van der Waals surface area contributed by atoms with E-state index in [4.69, 9.17) is 4.74 Å². The molecule has 1 heterocycles. The van der Waals surface area contributed by atoms with Crippen LogP contribution >= 0.6 is 0 Å². The molecule has 1 aliphatic rings. The second-order valence-corrected chi connectivity index (χ2v) is 6.19. The van der Waals surface area contributed by atoms with Crippen molar-refractivity contribution in [2.24, 2.45) is 5.92 Å². The first-order chi connectivity index (χ1) is 9.72. The lowest BCUT2D eigenvalue weighted by atomic mass is 9.86. The monoisotopic (exact) mass is 289 g/mol. The summed E-state index contributed by atoms with van der Waals surface area (Å²) in [6.07, 6.45) is 0. The number of carbonyl (C=O) groups is 1. The molecule has 0 spiro atoms. The van der Waals surface area contributed by atoms with Gasteiger partial charge in [0.25, 0.3) is 5.91 Å².